The maximum atomic E-state index is 4.22. The molecule has 19 heavy (non-hydrogen) atoms. The van der Waals surface area contributed by atoms with Gasteiger partial charge < -0.3 is 4.90 Å². The molecule has 1 rings (SSSR count). The van der Waals surface area contributed by atoms with Gasteiger partial charge in [0.15, 0.2) is 0 Å². The van der Waals surface area contributed by atoms with E-state index in [1.165, 1.54) is 22.3 Å². The maximum Gasteiger partial charge on any atom is 0.0478 e. The topological polar surface area (TPSA) is 3.24 Å². The van der Waals surface area contributed by atoms with Crippen molar-refractivity contribution < 1.29 is 0 Å². The summed E-state index contributed by atoms with van der Waals surface area (Å²) >= 11 is 0. The van der Waals surface area contributed by atoms with E-state index in [-0.39, 0.29) is 0 Å². The van der Waals surface area contributed by atoms with E-state index in [0.29, 0.717) is 0 Å². The zero-order chi connectivity index (χ0) is 14.6. The van der Waals surface area contributed by atoms with Gasteiger partial charge in [0.2, 0.25) is 0 Å². The summed E-state index contributed by atoms with van der Waals surface area (Å²) in [6.07, 6.45) is 0. The Labute approximate surface area is 118 Å². The first-order valence-electron chi connectivity index (χ1n) is 6.65. The van der Waals surface area contributed by atoms with Gasteiger partial charge >= 0.3 is 0 Å². The first-order valence-corrected chi connectivity index (χ1v) is 6.65. The fraction of sp³-hybridized carbons (Fsp3) is 0.333. The van der Waals surface area contributed by atoms with Crippen molar-refractivity contribution >= 4 is 0 Å². The highest BCUT2D eigenvalue weighted by molar-refractivity contribution is 5.32. The van der Waals surface area contributed by atoms with Crippen LogP contribution in [-0.2, 0) is 6.54 Å². The Bertz CT molecular complexity index is 499. The van der Waals surface area contributed by atoms with Crippen LogP contribution in [0.2, 0.25) is 0 Å². The standard InChI is InChI=1S/C18H25N/c1-13(2)16(6)17(7)19(14(3)4)12-18-10-8-15(5)9-11-18/h8-11H,3,7,12H2,1-2,4-6H3. The molecule has 0 aliphatic carbocycles. The van der Waals surface area contributed by atoms with Crippen molar-refractivity contribution in [3.8, 4) is 0 Å². The summed E-state index contributed by atoms with van der Waals surface area (Å²) in [7, 11) is 0. The van der Waals surface area contributed by atoms with E-state index < -0.39 is 0 Å². The molecule has 0 saturated heterocycles. The Morgan fingerprint density at radius 1 is 1.00 bits per heavy atom. The summed E-state index contributed by atoms with van der Waals surface area (Å²) < 4.78 is 0. The van der Waals surface area contributed by atoms with Crippen LogP contribution in [0.4, 0.5) is 0 Å². The van der Waals surface area contributed by atoms with E-state index in [4.69, 9.17) is 0 Å². The van der Waals surface area contributed by atoms with Crippen molar-refractivity contribution in [2.75, 3.05) is 0 Å². The third-order valence-corrected chi connectivity index (χ3v) is 3.43. The van der Waals surface area contributed by atoms with Crippen LogP contribution in [0.25, 0.3) is 0 Å². The Morgan fingerprint density at radius 2 is 1.53 bits per heavy atom. The van der Waals surface area contributed by atoms with Crippen molar-refractivity contribution in [2.24, 2.45) is 0 Å². The summed E-state index contributed by atoms with van der Waals surface area (Å²) in [5, 5.41) is 0. The molecule has 0 heterocycles. The van der Waals surface area contributed by atoms with Gasteiger partial charge in [-0.1, -0.05) is 48.6 Å². The average Bonchev–Trinajstić information content (AvgIpc) is 2.35. The molecule has 0 atom stereocenters. The molecule has 1 nitrogen and oxygen atoms in total. The molecule has 1 aromatic carbocycles. The second kappa shape index (κ2) is 6.42. The van der Waals surface area contributed by atoms with Gasteiger partial charge in [0.25, 0.3) is 0 Å². The Hall–Kier alpha value is -1.76. The quantitative estimate of drug-likeness (QED) is 0.654. The lowest BCUT2D eigenvalue weighted by molar-refractivity contribution is 0.431. The smallest absolute Gasteiger partial charge is 0.0478 e. The molecule has 0 radical (unpaired) electrons. The van der Waals surface area contributed by atoms with Gasteiger partial charge in [-0.15, -0.1) is 0 Å². The van der Waals surface area contributed by atoms with Crippen LogP contribution in [-0.4, -0.2) is 4.90 Å². The minimum Gasteiger partial charge on any atom is -0.342 e. The normalized spacial score (nSPS) is 9.95. The summed E-state index contributed by atoms with van der Waals surface area (Å²) in [5.41, 5.74) is 7.13. The fourth-order valence-electron chi connectivity index (χ4n) is 1.83. The largest absolute Gasteiger partial charge is 0.342 e. The van der Waals surface area contributed by atoms with Crippen molar-refractivity contribution in [1.82, 2.24) is 4.90 Å². The van der Waals surface area contributed by atoms with Crippen molar-refractivity contribution in [3.05, 3.63) is 71.1 Å². The number of allylic oxidation sites excluding steroid dienone is 3. The summed E-state index contributed by atoms with van der Waals surface area (Å²) in [6, 6.07) is 8.61. The van der Waals surface area contributed by atoms with Gasteiger partial charge in [0.05, 0.1) is 0 Å². The number of aryl methyl sites for hydroxylation is 1. The summed E-state index contributed by atoms with van der Waals surface area (Å²) in [5.74, 6) is 0. The number of hydrogen-bond donors (Lipinski definition) is 0. The van der Waals surface area contributed by atoms with E-state index in [1.807, 2.05) is 6.92 Å². The summed E-state index contributed by atoms with van der Waals surface area (Å²) in [4.78, 5) is 2.17. The van der Waals surface area contributed by atoms with Crippen LogP contribution < -0.4 is 0 Å². The van der Waals surface area contributed by atoms with E-state index in [0.717, 1.165) is 17.9 Å². The molecular weight excluding hydrogens is 230 g/mol. The van der Waals surface area contributed by atoms with Gasteiger partial charge in [0, 0.05) is 17.9 Å². The molecule has 0 unspecified atom stereocenters. The molecule has 0 fully saturated rings. The lowest BCUT2D eigenvalue weighted by atomic mass is 10.1. The SMILES string of the molecule is C=C(C)N(Cc1ccc(C)cc1)C(=C)C(C)=C(C)C. The fourth-order valence-corrected chi connectivity index (χ4v) is 1.83. The molecule has 0 aromatic heterocycles. The highest BCUT2D eigenvalue weighted by atomic mass is 15.1. The number of benzene rings is 1. The van der Waals surface area contributed by atoms with Crippen molar-refractivity contribution in [3.63, 3.8) is 0 Å². The first-order chi connectivity index (χ1) is 8.82. The van der Waals surface area contributed by atoms with E-state index >= 15 is 0 Å². The molecule has 1 aromatic rings. The molecule has 0 saturated carbocycles. The van der Waals surface area contributed by atoms with Crippen LogP contribution in [0.1, 0.15) is 38.8 Å². The van der Waals surface area contributed by atoms with E-state index in [2.05, 4.69) is 70.0 Å². The van der Waals surface area contributed by atoms with Gasteiger partial charge in [-0.25, -0.2) is 0 Å². The molecular formula is C18H25N. The average molecular weight is 255 g/mol. The minimum absolute atomic E-state index is 0.819. The molecule has 0 aliphatic heterocycles. The van der Waals surface area contributed by atoms with E-state index in [9.17, 15) is 0 Å². The number of nitrogens with zero attached hydrogens (tertiary/aromatic N) is 1. The van der Waals surface area contributed by atoms with Crippen LogP contribution in [0.5, 0.6) is 0 Å². The highest BCUT2D eigenvalue weighted by Crippen LogP contribution is 2.23. The predicted molar refractivity (Wildman–Crippen MR) is 84.7 cm³/mol. The third-order valence-electron chi connectivity index (χ3n) is 3.43. The van der Waals surface area contributed by atoms with Crippen molar-refractivity contribution in [1.29, 1.82) is 0 Å². The van der Waals surface area contributed by atoms with Crippen LogP contribution in [0.3, 0.4) is 0 Å². The lowest BCUT2D eigenvalue weighted by Gasteiger charge is -2.28. The highest BCUT2D eigenvalue weighted by Gasteiger charge is 2.11. The Balaban J connectivity index is 2.97. The number of rotatable bonds is 5. The van der Waals surface area contributed by atoms with Crippen LogP contribution in [0, 0.1) is 6.92 Å². The Kier molecular flexibility index (Phi) is 5.17. The molecule has 0 spiro atoms. The molecule has 0 N–H and O–H groups in total. The lowest BCUT2D eigenvalue weighted by Crippen LogP contribution is -2.20. The van der Waals surface area contributed by atoms with Gasteiger partial charge in [-0.2, -0.15) is 0 Å². The van der Waals surface area contributed by atoms with E-state index in [1.54, 1.807) is 0 Å². The Morgan fingerprint density at radius 3 is 1.95 bits per heavy atom. The predicted octanol–water partition coefficient (Wildman–Crippen LogP) is 5.20. The number of hydrogen-bond acceptors (Lipinski definition) is 1. The monoisotopic (exact) mass is 255 g/mol. The molecule has 0 aliphatic rings. The summed E-state index contributed by atoms with van der Waals surface area (Å²) in [6.45, 7) is 19.6. The zero-order valence-electron chi connectivity index (χ0n) is 12.9. The maximum absolute atomic E-state index is 4.22. The van der Waals surface area contributed by atoms with Gasteiger partial charge in [-0.05, 0) is 45.8 Å². The van der Waals surface area contributed by atoms with Crippen LogP contribution >= 0.6 is 0 Å². The third kappa shape index (κ3) is 4.13. The zero-order valence-corrected chi connectivity index (χ0v) is 12.9. The van der Waals surface area contributed by atoms with Crippen LogP contribution in [0.15, 0.2) is 60.0 Å². The minimum atomic E-state index is 0.819. The molecule has 0 bridgehead atoms. The molecule has 1 heteroatoms. The second-order valence-corrected chi connectivity index (χ2v) is 5.38. The van der Waals surface area contributed by atoms with Gasteiger partial charge in [0.1, 0.15) is 0 Å². The molecule has 0 amide bonds. The van der Waals surface area contributed by atoms with Gasteiger partial charge in [-0.3, -0.25) is 0 Å². The molecule has 102 valence electrons. The van der Waals surface area contributed by atoms with Crippen molar-refractivity contribution in [2.45, 2.75) is 41.2 Å². The first kappa shape index (κ1) is 15.3. The second-order valence-electron chi connectivity index (χ2n) is 5.38.